The van der Waals surface area contributed by atoms with Crippen molar-refractivity contribution in [2.24, 2.45) is 0 Å². The van der Waals surface area contributed by atoms with Crippen LogP contribution in [0.25, 0.3) is 0 Å². The lowest BCUT2D eigenvalue weighted by Gasteiger charge is -2.06. The van der Waals surface area contributed by atoms with E-state index in [1.807, 2.05) is 13.0 Å². The van der Waals surface area contributed by atoms with Gasteiger partial charge in [-0.3, -0.25) is 0 Å². The first-order valence-electron chi connectivity index (χ1n) is 10.7. The number of hydrogen-bond acceptors (Lipinski definition) is 4. The van der Waals surface area contributed by atoms with Gasteiger partial charge in [0.15, 0.2) is 0 Å². The van der Waals surface area contributed by atoms with Crippen molar-refractivity contribution in [3.63, 3.8) is 0 Å². The third-order valence-corrected chi connectivity index (χ3v) is 4.63. The summed E-state index contributed by atoms with van der Waals surface area (Å²) in [5.41, 5.74) is 0.882. The van der Waals surface area contributed by atoms with Crippen LogP contribution in [0.4, 0.5) is 0 Å². The molecule has 0 unspecified atom stereocenters. The Morgan fingerprint density at radius 2 is 1.21 bits per heavy atom. The highest BCUT2D eigenvalue weighted by atomic mass is 16.5. The first-order valence-corrected chi connectivity index (χ1v) is 10.7. The Bertz CT molecular complexity index is 575. The Balaban J connectivity index is 2.13. The lowest BCUT2D eigenvalue weighted by atomic mass is 10.1. The van der Waals surface area contributed by atoms with Gasteiger partial charge in [-0.05, 0) is 37.6 Å². The summed E-state index contributed by atoms with van der Waals surface area (Å²) in [6.45, 7) is 4.80. The minimum absolute atomic E-state index is 0.248. The Hall–Kier alpha value is -2.10. The van der Waals surface area contributed by atoms with Gasteiger partial charge in [-0.2, -0.15) is 0 Å². The van der Waals surface area contributed by atoms with E-state index in [1.54, 1.807) is 30.3 Å². The highest BCUT2D eigenvalue weighted by molar-refractivity contribution is 5.93. The molecule has 0 fully saturated rings. The fourth-order valence-electron chi connectivity index (χ4n) is 2.88. The van der Waals surface area contributed by atoms with Crippen LogP contribution in [0.1, 0.15) is 98.8 Å². The second-order valence-corrected chi connectivity index (χ2v) is 7.06. The number of unbranched alkanes of at least 4 members (excludes halogenated alkanes) is 9. The monoisotopic (exact) mass is 388 g/mol. The van der Waals surface area contributed by atoms with Crippen LogP contribution in [0.5, 0.6) is 0 Å². The number of rotatable bonds is 15. The molecule has 0 amide bonds. The summed E-state index contributed by atoms with van der Waals surface area (Å²) in [5.74, 6) is -0.742. The number of ether oxygens (including phenoxy) is 2. The SMILES string of the molecule is C/C=C/COC(=O)c1ccc(C(=O)OCCCCCCCCCCCC)cc1. The molecule has 0 aromatic heterocycles. The molecule has 4 nitrogen and oxygen atoms in total. The molecule has 0 atom stereocenters. The summed E-state index contributed by atoms with van der Waals surface area (Å²) in [7, 11) is 0. The second kappa shape index (κ2) is 15.9. The predicted molar refractivity (Wildman–Crippen MR) is 114 cm³/mol. The summed E-state index contributed by atoms with van der Waals surface area (Å²) in [6, 6.07) is 6.39. The molecular weight excluding hydrogens is 352 g/mol. The molecule has 0 bridgehead atoms. The van der Waals surface area contributed by atoms with Gasteiger partial charge < -0.3 is 9.47 Å². The van der Waals surface area contributed by atoms with Crippen LogP contribution in [-0.4, -0.2) is 25.2 Å². The van der Waals surface area contributed by atoms with Crippen LogP contribution in [0, 0.1) is 0 Å². The van der Waals surface area contributed by atoms with Crippen molar-refractivity contribution in [1.82, 2.24) is 0 Å². The summed E-state index contributed by atoms with van der Waals surface area (Å²) >= 11 is 0. The van der Waals surface area contributed by atoms with E-state index in [4.69, 9.17) is 9.47 Å². The first-order chi connectivity index (χ1) is 13.7. The smallest absolute Gasteiger partial charge is 0.338 e. The van der Waals surface area contributed by atoms with Gasteiger partial charge in [0.1, 0.15) is 6.61 Å². The predicted octanol–water partition coefficient (Wildman–Crippen LogP) is 6.50. The minimum Gasteiger partial charge on any atom is -0.462 e. The van der Waals surface area contributed by atoms with Gasteiger partial charge in [-0.15, -0.1) is 0 Å². The number of esters is 2. The van der Waals surface area contributed by atoms with Crippen molar-refractivity contribution < 1.29 is 19.1 Å². The molecule has 0 N–H and O–H groups in total. The molecule has 1 rings (SSSR count). The lowest BCUT2D eigenvalue weighted by Crippen LogP contribution is -2.08. The molecule has 1 aromatic rings. The molecule has 4 heteroatoms. The molecule has 28 heavy (non-hydrogen) atoms. The van der Waals surface area contributed by atoms with E-state index in [0.717, 1.165) is 12.8 Å². The van der Waals surface area contributed by atoms with E-state index in [9.17, 15) is 9.59 Å². The number of carbonyl (C=O) groups is 2. The van der Waals surface area contributed by atoms with Crippen molar-refractivity contribution in [2.45, 2.75) is 78.1 Å². The van der Waals surface area contributed by atoms with E-state index >= 15 is 0 Å². The fraction of sp³-hybridized carbons (Fsp3) is 0.583. The van der Waals surface area contributed by atoms with Crippen molar-refractivity contribution in [3.8, 4) is 0 Å². The Kier molecular flexibility index (Phi) is 13.6. The molecule has 0 heterocycles. The number of hydrogen-bond donors (Lipinski definition) is 0. The highest BCUT2D eigenvalue weighted by Gasteiger charge is 2.10. The second-order valence-electron chi connectivity index (χ2n) is 7.06. The van der Waals surface area contributed by atoms with Gasteiger partial charge >= 0.3 is 11.9 Å². The van der Waals surface area contributed by atoms with Gasteiger partial charge in [0.05, 0.1) is 17.7 Å². The summed E-state index contributed by atoms with van der Waals surface area (Å²) in [4.78, 5) is 23.9. The summed E-state index contributed by atoms with van der Waals surface area (Å²) in [5, 5.41) is 0. The van der Waals surface area contributed by atoms with Gasteiger partial charge in [0.2, 0.25) is 0 Å². The van der Waals surface area contributed by atoms with Crippen LogP contribution in [0.3, 0.4) is 0 Å². The van der Waals surface area contributed by atoms with Crippen LogP contribution in [0.2, 0.25) is 0 Å². The molecular formula is C24H36O4. The van der Waals surface area contributed by atoms with E-state index in [1.165, 1.54) is 51.4 Å². The third-order valence-electron chi connectivity index (χ3n) is 4.63. The standard InChI is InChI=1S/C24H36O4/c1-3-5-7-8-9-10-11-12-13-14-20-28-24(26)22-17-15-21(16-18-22)23(25)27-19-6-4-2/h4,6,15-18H,3,5,7-14,19-20H2,1-2H3/b6-4+. The zero-order chi connectivity index (χ0) is 20.5. The maximum absolute atomic E-state index is 12.0. The molecule has 0 aliphatic carbocycles. The van der Waals surface area contributed by atoms with Crippen LogP contribution in [0.15, 0.2) is 36.4 Å². The average Bonchev–Trinajstić information content (AvgIpc) is 2.72. The molecule has 156 valence electrons. The first kappa shape index (κ1) is 23.9. The Morgan fingerprint density at radius 1 is 0.750 bits per heavy atom. The maximum atomic E-state index is 12.0. The zero-order valence-corrected chi connectivity index (χ0v) is 17.6. The van der Waals surface area contributed by atoms with Crippen LogP contribution >= 0.6 is 0 Å². The van der Waals surface area contributed by atoms with Crippen LogP contribution in [-0.2, 0) is 9.47 Å². The summed E-state index contributed by atoms with van der Waals surface area (Å²) in [6.07, 6.45) is 16.1. The zero-order valence-electron chi connectivity index (χ0n) is 17.6. The number of allylic oxidation sites excluding steroid dienone is 1. The van der Waals surface area contributed by atoms with Crippen molar-refractivity contribution in [2.75, 3.05) is 13.2 Å². The van der Waals surface area contributed by atoms with E-state index in [-0.39, 0.29) is 12.6 Å². The molecule has 0 saturated carbocycles. The summed E-state index contributed by atoms with van der Waals surface area (Å²) < 4.78 is 10.4. The largest absolute Gasteiger partial charge is 0.462 e. The highest BCUT2D eigenvalue weighted by Crippen LogP contribution is 2.11. The van der Waals surface area contributed by atoms with Gasteiger partial charge in [0, 0.05) is 0 Å². The minimum atomic E-state index is -0.400. The Labute approximate surface area is 170 Å². The van der Waals surface area contributed by atoms with E-state index < -0.39 is 5.97 Å². The normalized spacial score (nSPS) is 10.9. The molecule has 0 aliphatic heterocycles. The van der Waals surface area contributed by atoms with E-state index in [0.29, 0.717) is 17.7 Å². The third kappa shape index (κ3) is 10.9. The van der Waals surface area contributed by atoms with E-state index in [2.05, 4.69) is 6.92 Å². The maximum Gasteiger partial charge on any atom is 0.338 e. The quantitative estimate of drug-likeness (QED) is 0.195. The fourth-order valence-corrected chi connectivity index (χ4v) is 2.88. The Morgan fingerprint density at radius 3 is 1.71 bits per heavy atom. The van der Waals surface area contributed by atoms with Crippen LogP contribution < -0.4 is 0 Å². The number of carbonyl (C=O) groups excluding carboxylic acids is 2. The van der Waals surface area contributed by atoms with Crippen molar-refractivity contribution in [1.29, 1.82) is 0 Å². The van der Waals surface area contributed by atoms with Gasteiger partial charge in [0.25, 0.3) is 0 Å². The molecule has 0 radical (unpaired) electrons. The van der Waals surface area contributed by atoms with Crippen molar-refractivity contribution >= 4 is 11.9 Å². The molecule has 1 aromatic carbocycles. The van der Waals surface area contributed by atoms with Crippen molar-refractivity contribution in [3.05, 3.63) is 47.5 Å². The molecule has 0 aliphatic rings. The van der Waals surface area contributed by atoms with Gasteiger partial charge in [-0.25, -0.2) is 9.59 Å². The number of benzene rings is 1. The van der Waals surface area contributed by atoms with Gasteiger partial charge in [-0.1, -0.05) is 76.9 Å². The molecule has 0 saturated heterocycles. The average molecular weight is 389 g/mol. The topological polar surface area (TPSA) is 52.6 Å². The molecule has 0 spiro atoms. The lowest BCUT2D eigenvalue weighted by molar-refractivity contribution is 0.0494.